The van der Waals surface area contributed by atoms with Crippen LogP contribution in [-0.4, -0.2) is 44.4 Å². The molecule has 2 aromatic rings. The summed E-state index contributed by atoms with van der Waals surface area (Å²) in [5.41, 5.74) is 2.17. The number of nitrogens with zero attached hydrogens (tertiary/aromatic N) is 1. The van der Waals surface area contributed by atoms with Crippen LogP contribution in [0.15, 0.2) is 48.5 Å². The van der Waals surface area contributed by atoms with Crippen molar-refractivity contribution < 1.29 is 9.47 Å². The maximum atomic E-state index is 6.16. The van der Waals surface area contributed by atoms with Gasteiger partial charge in [-0.1, -0.05) is 41.9 Å². The Bertz CT molecular complexity index is 612. The molecule has 0 aliphatic carbocycles. The zero-order valence-corrected chi connectivity index (χ0v) is 14.0. The second-order valence-corrected chi connectivity index (χ2v) is 6.10. The first-order valence-electron chi connectivity index (χ1n) is 8.11. The molecule has 2 aromatic carbocycles. The van der Waals surface area contributed by atoms with Crippen molar-refractivity contribution in [3.8, 4) is 16.9 Å². The Morgan fingerprint density at radius 1 is 1.04 bits per heavy atom. The van der Waals surface area contributed by atoms with Gasteiger partial charge in [0.15, 0.2) is 0 Å². The van der Waals surface area contributed by atoms with E-state index in [2.05, 4.69) is 17.0 Å². The lowest BCUT2D eigenvalue weighted by Gasteiger charge is -2.26. The lowest BCUT2D eigenvalue weighted by molar-refractivity contribution is 0.0358. The van der Waals surface area contributed by atoms with Gasteiger partial charge in [0, 0.05) is 30.2 Å². The number of hydrogen-bond donors (Lipinski definition) is 0. The number of halogens is 1. The summed E-state index contributed by atoms with van der Waals surface area (Å²) in [4.78, 5) is 2.42. The molecule has 4 heteroatoms. The van der Waals surface area contributed by atoms with Crippen molar-refractivity contribution in [2.45, 2.75) is 6.42 Å². The van der Waals surface area contributed by atoms with Gasteiger partial charge in [0.2, 0.25) is 0 Å². The SMILES string of the molecule is Clc1ccc(OCCCN2CCOCC2)c(-c2ccccc2)c1. The predicted octanol–water partition coefficient (Wildman–Crippen LogP) is 4.11. The van der Waals surface area contributed by atoms with Gasteiger partial charge in [-0.05, 0) is 30.2 Å². The molecule has 0 N–H and O–H groups in total. The van der Waals surface area contributed by atoms with Gasteiger partial charge >= 0.3 is 0 Å². The van der Waals surface area contributed by atoms with Gasteiger partial charge in [0.1, 0.15) is 5.75 Å². The van der Waals surface area contributed by atoms with Gasteiger partial charge in [0.25, 0.3) is 0 Å². The van der Waals surface area contributed by atoms with Gasteiger partial charge < -0.3 is 9.47 Å². The zero-order chi connectivity index (χ0) is 15.9. The molecule has 0 aromatic heterocycles. The molecule has 3 nitrogen and oxygen atoms in total. The fourth-order valence-corrected chi connectivity index (χ4v) is 2.94. The predicted molar refractivity (Wildman–Crippen MR) is 94.3 cm³/mol. The summed E-state index contributed by atoms with van der Waals surface area (Å²) in [7, 11) is 0. The van der Waals surface area contributed by atoms with E-state index < -0.39 is 0 Å². The molecule has 1 heterocycles. The third-order valence-corrected chi connectivity index (χ3v) is 4.24. The van der Waals surface area contributed by atoms with E-state index >= 15 is 0 Å². The number of morpholine rings is 1. The molecule has 122 valence electrons. The molecule has 1 aliphatic rings. The van der Waals surface area contributed by atoms with Crippen molar-refractivity contribution >= 4 is 11.6 Å². The van der Waals surface area contributed by atoms with E-state index in [0.29, 0.717) is 6.61 Å². The van der Waals surface area contributed by atoms with Crippen molar-refractivity contribution in [2.24, 2.45) is 0 Å². The summed E-state index contributed by atoms with van der Waals surface area (Å²) in [5.74, 6) is 0.891. The number of benzene rings is 2. The van der Waals surface area contributed by atoms with Crippen molar-refractivity contribution in [1.29, 1.82) is 0 Å². The van der Waals surface area contributed by atoms with Crippen molar-refractivity contribution in [2.75, 3.05) is 39.5 Å². The smallest absolute Gasteiger partial charge is 0.127 e. The summed E-state index contributed by atoms with van der Waals surface area (Å²) in [6, 6.07) is 16.0. The average Bonchev–Trinajstić information content (AvgIpc) is 2.61. The standard InChI is InChI=1S/C19H22ClNO2/c20-17-7-8-19(18(15-17)16-5-2-1-3-6-16)23-12-4-9-21-10-13-22-14-11-21/h1-3,5-8,15H,4,9-14H2. The number of rotatable bonds is 6. The van der Waals surface area contributed by atoms with Gasteiger partial charge in [-0.3, -0.25) is 4.90 Å². The Balaban J connectivity index is 1.59. The van der Waals surface area contributed by atoms with Crippen molar-refractivity contribution in [3.05, 3.63) is 53.6 Å². The second-order valence-electron chi connectivity index (χ2n) is 5.66. The van der Waals surface area contributed by atoms with E-state index in [-0.39, 0.29) is 0 Å². The minimum absolute atomic E-state index is 0.707. The van der Waals surface area contributed by atoms with E-state index in [1.807, 2.05) is 36.4 Å². The van der Waals surface area contributed by atoms with Crippen LogP contribution in [0.4, 0.5) is 0 Å². The van der Waals surface area contributed by atoms with Crippen LogP contribution in [0.5, 0.6) is 5.75 Å². The molecule has 1 saturated heterocycles. The van der Waals surface area contributed by atoms with Gasteiger partial charge in [-0.2, -0.15) is 0 Å². The molecule has 0 radical (unpaired) electrons. The minimum atomic E-state index is 0.707. The summed E-state index contributed by atoms with van der Waals surface area (Å²) in [6.07, 6.45) is 1.01. The second kappa shape index (κ2) is 8.34. The molecule has 23 heavy (non-hydrogen) atoms. The maximum absolute atomic E-state index is 6.16. The third kappa shape index (κ3) is 4.71. The average molecular weight is 332 g/mol. The Hall–Kier alpha value is -1.55. The first-order chi connectivity index (χ1) is 11.3. The van der Waals surface area contributed by atoms with Gasteiger partial charge in [-0.15, -0.1) is 0 Å². The van der Waals surface area contributed by atoms with E-state index in [4.69, 9.17) is 21.1 Å². The largest absolute Gasteiger partial charge is 0.493 e. The topological polar surface area (TPSA) is 21.7 Å². The fourth-order valence-electron chi connectivity index (χ4n) is 2.77. The Labute approximate surface area is 142 Å². The zero-order valence-electron chi connectivity index (χ0n) is 13.2. The Morgan fingerprint density at radius 2 is 1.83 bits per heavy atom. The highest BCUT2D eigenvalue weighted by Gasteiger charge is 2.10. The van der Waals surface area contributed by atoms with Gasteiger partial charge in [-0.25, -0.2) is 0 Å². The summed E-state index contributed by atoms with van der Waals surface area (Å²) in [6.45, 7) is 5.50. The molecule has 0 amide bonds. The Morgan fingerprint density at radius 3 is 2.61 bits per heavy atom. The highest BCUT2D eigenvalue weighted by molar-refractivity contribution is 6.31. The fraction of sp³-hybridized carbons (Fsp3) is 0.368. The van der Waals surface area contributed by atoms with Crippen LogP contribution in [0.3, 0.4) is 0 Å². The molecule has 0 atom stereocenters. The van der Waals surface area contributed by atoms with Crippen LogP contribution in [-0.2, 0) is 4.74 Å². The normalized spacial score (nSPS) is 15.5. The molecule has 0 spiro atoms. The van der Waals surface area contributed by atoms with E-state index in [9.17, 15) is 0 Å². The van der Waals surface area contributed by atoms with Crippen LogP contribution in [0.25, 0.3) is 11.1 Å². The molecule has 1 aliphatic heterocycles. The van der Waals surface area contributed by atoms with Crippen LogP contribution < -0.4 is 4.74 Å². The molecule has 1 fully saturated rings. The van der Waals surface area contributed by atoms with Crippen LogP contribution >= 0.6 is 11.6 Å². The van der Waals surface area contributed by atoms with Crippen LogP contribution in [0, 0.1) is 0 Å². The lowest BCUT2D eigenvalue weighted by Crippen LogP contribution is -2.37. The first kappa shape index (κ1) is 16.3. The molecular weight excluding hydrogens is 310 g/mol. The van der Waals surface area contributed by atoms with Gasteiger partial charge in [0.05, 0.1) is 19.8 Å². The van der Waals surface area contributed by atoms with Crippen molar-refractivity contribution in [3.63, 3.8) is 0 Å². The van der Waals surface area contributed by atoms with E-state index in [0.717, 1.165) is 61.2 Å². The first-order valence-corrected chi connectivity index (χ1v) is 8.48. The molecule has 3 rings (SSSR count). The maximum Gasteiger partial charge on any atom is 0.127 e. The monoisotopic (exact) mass is 331 g/mol. The number of hydrogen-bond acceptors (Lipinski definition) is 3. The van der Waals surface area contributed by atoms with Crippen LogP contribution in [0.2, 0.25) is 5.02 Å². The van der Waals surface area contributed by atoms with E-state index in [1.54, 1.807) is 0 Å². The third-order valence-electron chi connectivity index (χ3n) is 4.01. The molecule has 0 saturated carbocycles. The quantitative estimate of drug-likeness (QED) is 0.744. The molecule has 0 unspecified atom stereocenters. The summed E-state index contributed by atoms with van der Waals surface area (Å²) >= 11 is 6.16. The highest BCUT2D eigenvalue weighted by Crippen LogP contribution is 2.32. The molecule has 0 bridgehead atoms. The summed E-state index contributed by atoms with van der Waals surface area (Å²) in [5, 5.41) is 0.726. The molecular formula is C19H22ClNO2. The Kier molecular flexibility index (Phi) is 5.92. The van der Waals surface area contributed by atoms with Crippen molar-refractivity contribution in [1.82, 2.24) is 4.90 Å². The lowest BCUT2D eigenvalue weighted by atomic mass is 10.0. The van der Waals surface area contributed by atoms with E-state index in [1.165, 1.54) is 0 Å². The minimum Gasteiger partial charge on any atom is -0.493 e. The highest BCUT2D eigenvalue weighted by atomic mass is 35.5. The number of ether oxygens (including phenoxy) is 2. The van der Waals surface area contributed by atoms with Crippen LogP contribution in [0.1, 0.15) is 6.42 Å². The summed E-state index contributed by atoms with van der Waals surface area (Å²) < 4.78 is 11.4.